The van der Waals surface area contributed by atoms with Crippen molar-refractivity contribution in [3.8, 4) is 6.07 Å². The molecule has 0 bridgehead atoms. The standard InChI is InChI=1S/C18H21N3O/c1-3-8-17(18-20-13-14-21(18)4-2)22-16(11-12-19)15-9-6-5-7-10-15/h5-7,9-11,13-14,17H,3-4,8H2,1-2H3/b16-11-. The van der Waals surface area contributed by atoms with Crippen molar-refractivity contribution in [2.75, 3.05) is 0 Å². The number of rotatable bonds is 7. The average Bonchev–Trinajstić information content (AvgIpc) is 3.03. The van der Waals surface area contributed by atoms with Gasteiger partial charge in [-0.25, -0.2) is 4.98 Å². The molecule has 2 rings (SSSR count). The number of imidazole rings is 1. The summed E-state index contributed by atoms with van der Waals surface area (Å²) in [6.07, 6.45) is 6.89. The van der Waals surface area contributed by atoms with Crippen LogP contribution in [0, 0.1) is 11.3 Å². The van der Waals surface area contributed by atoms with Gasteiger partial charge in [0.15, 0.2) is 6.10 Å². The fourth-order valence-electron chi connectivity index (χ4n) is 2.38. The monoisotopic (exact) mass is 295 g/mol. The molecule has 1 atom stereocenters. The van der Waals surface area contributed by atoms with Gasteiger partial charge in [-0.05, 0) is 13.3 Å². The first kappa shape index (κ1) is 15.8. The van der Waals surface area contributed by atoms with Crippen molar-refractivity contribution in [3.63, 3.8) is 0 Å². The molecular weight excluding hydrogens is 274 g/mol. The minimum atomic E-state index is -0.153. The van der Waals surface area contributed by atoms with E-state index in [1.165, 1.54) is 6.08 Å². The molecule has 0 spiro atoms. The Bertz CT molecular complexity index is 652. The lowest BCUT2D eigenvalue weighted by Crippen LogP contribution is -2.11. The van der Waals surface area contributed by atoms with E-state index < -0.39 is 0 Å². The van der Waals surface area contributed by atoms with Crippen molar-refractivity contribution in [1.82, 2.24) is 9.55 Å². The Morgan fingerprint density at radius 3 is 2.77 bits per heavy atom. The van der Waals surface area contributed by atoms with Gasteiger partial charge in [-0.1, -0.05) is 43.7 Å². The predicted molar refractivity (Wildman–Crippen MR) is 86.7 cm³/mol. The van der Waals surface area contributed by atoms with Crippen molar-refractivity contribution >= 4 is 5.76 Å². The van der Waals surface area contributed by atoms with Gasteiger partial charge >= 0.3 is 0 Å². The molecule has 0 amide bonds. The number of nitriles is 1. The van der Waals surface area contributed by atoms with Gasteiger partial charge in [-0.3, -0.25) is 0 Å². The highest BCUT2D eigenvalue weighted by molar-refractivity contribution is 5.62. The number of ether oxygens (including phenoxy) is 1. The highest BCUT2D eigenvalue weighted by Crippen LogP contribution is 2.28. The molecule has 0 fully saturated rings. The number of aryl methyl sites for hydroxylation is 1. The molecule has 0 radical (unpaired) electrons. The Balaban J connectivity index is 2.29. The maximum Gasteiger partial charge on any atom is 0.156 e. The van der Waals surface area contributed by atoms with Crippen molar-refractivity contribution < 1.29 is 4.74 Å². The molecule has 1 heterocycles. The number of allylic oxidation sites excluding steroid dienone is 1. The summed E-state index contributed by atoms with van der Waals surface area (Å²) in [6.45, 7) is 5.05. The van der Waals surface area contributed by atoms with E-state index in [0.29, 0.717) is 5.76 Å². The molecule has 22 heavy (non-hydrogen) atoms. The molecule has 4 nitrogen and oxygen atoms in total. The molecule has 0 saturated heterocycles. The predicted octanol–water partition coefficient (Wildman–Crippen LogP) is 4.33. The fourth-order valence-corrected chi connectivity index (χ4v) is 2.38. The van der Waals surface area contributed by atoms with Crippen molar-refractivity contribution in [2.24, 2.45) is 0 Å². The zero-order valence-corrected chi connectivity index (χ0v) is 13.1. The SMILES string of the molecule is CCCC(O/C(=C\C#N)c1ccccc1)c1nccn1CC. The van der Waals surface area contributed by atoms with Crippen LogP contribution in [0.2, 0.25) is 0 Å². The van der Waals surface area contributed by atoms with E-state index in [9.17, 15) is 0 Å². The Labute approximate surface area is 131 Å². The Morgan fingerprint density at radius 2 is 2.14 bits per heavy atom. The number of aromatic nitrogens is 2. The summed E-state index contributed by atoms with van der Waals surface area (Å²) in [6, 6.07) is 11.8. The third kappa shape index (κ3) is 3.76. The van der Waals surface area contributed by atoms with Gasteiger partial charge in [0, 0.05) is 24.5 Å². The fraction of sp³-hybridized carbons (Fsp3) is 0.333. The van der Waals surface area contributed by atoms with E-state index >= 15 is 0 Å². The van der Waals surface area contributed by atoms with Crippen LogP contribution in [0.4, 0.5) is 0 Å². The first-order valence-corrected chi connectivity index (χ1v) is 7.63. The van der Waals surface area contributed by atoms with Crippen LogP contribution in [0.1, 0.15) is 44.2 Å². The number of nitrogens with zero attached hydrogens (tertiary/aromatic N) is 3. The molecule has 114 valence electrons. The van der Waals surface area contributed by atoms with E-state index in [0.717, 1.165) is 30.8 Å². The van der Waals surface area contributed by atoms with Gasteiger partial charge in [0.2, 0.25) is 0 Å². The maximum absolute atomic E-state index is 9.04. The van der Waals surface area contributed by atoms with E-state index in [-0.39, 0.29) is 6.10 Å². The summed E-state index contributed by atoms with van der Waals surface area (Å²) in [5.41, 5.74) is 0.903. The van der Waals surface area contributed by atoms with E-state index in [1.54, 1.807) is 6.20 Å². The lowest BCUT2D eigenvalue weighted by atomic mass is 10.1. The lowest BCUT2D eigenvalue weighted by molar-refractivity contribution is 0.145. The number of benzene rings is 1. The van der Waals surface area contributed by atoms with Crippen LogP contribution in [-0.4, -0.2) is 9.55 Å². The molecule has 0 aliphatic carbocycles. The molecule has 1 aromatic heterocycles. The van der Waals surface area contributed by atoms with Gasteiger partial charge in [0.1, 0.15) is 11.6 Å². The second kappa shape index (κ2) is 8.04. The summed E-state index contributed by atoms with van der Waals surface area (Å²) in [5, 5.41) is 9.04. The van der Waals surface area contributed by atoms with E-state index in [2.05, 4.69) is 29.5 Å². The molecule has 0 aliphatic heterocycles. The van der Waals surface area contributed by atoms with Crippen LogP contribution in [0.5, 0.6) is 0 Å². The van der Waals surface area contributed by atoms with Crippen molar-refractivity contribution in [1.29, 1.82) is 5.26 Å². The smallest absolute Gasteiger partial charge is 0.156 e. The van der Waals surface area contributed by atoms with Gasteiger partial charge < -0.3 is 9.30 Å². The molecule has 1 unspecified atom stereocenters. The largest absolute Gasteiger partial charge is 0.481 e. The molecule has 4 heteroatoms. The maximum atomic E-state index is 9.04. The number of hydrogen-bond donors (Lipinski definition) is 0. The molecule has 0 aliphatic rings. The Hall–Kier alpha value is -2.54. The summed E-state index contributed by atoms with van der Waals surface area (Å²) in [7, 11) is 0. The average molecular weight is 295 g/mol. The number of hydrogen-bond acceptors (Lipinski definition) is 3. The first-order valence-electron chi connectivity index (χ1n) is 7.63. The van der Waals surface area contributed by atoms with Gasteiger partial charge in [0.05, 0.1) is 12.1 Å². The first-order chi connectivity index (χ1) is 10.8. The summed E-state index contributed by atoms with van der Waals surface area (Å²) < 4.78 is 8.24. The third-order valence-electron chi connectivity index (χ3n) is 3.45. The Kier molecular flexibility index (Phi) is 5.79. The summed E-state index contributed by atoms with van der Waals surface area (Å²) in [5.74, 6) is 1.50. The van der Waals surface area contributed by atoms with Gasteiger partial charge in [0.25, 0.3) is 0 Å². The topological polar surface area (TPSA) is 50.8 Å². The van der Waals surface area contributed by atoms with Crippen LogP contribution in [0.15, 0.2) is 48.8 Å². The highest BCUT2D eigenvalue weighted by Gasteiger charge is 2.19. The second-order valence-electron chi connectivity index (χ2n) is 4.97. The molecule has 0 saturated carbocycles. The van der Waals surface area contributed by atoms with Crippen LogP contribution < -0.4 is 0 Å². The minimum absolute atomic E-state index is 0.153. The molecular formula is C18H21N3O. The lowest BCUT2D eigenvalue weighted by Gasteiger charge is -2.21. The quantitative estimate of drug-likeness (QED) is 0.564. The van der Waals surface area contributed by atoms with Crippen molar-refractivity contribution in [2.45, 2.75) is 39.3 Å². The zero-order chi connectivity index (χ0) is 15.8. The zero-order valence-electron chi connectivity index (χ0n) is 13.1. The van der Waals surface area contributed by atoms with Crippen molar-refractivity contribution in [3.05, 3.63) is 60.2 Å². The molecule has 0 N–H and O–H groups in total. The Morgan fingerprint density at radius 1 is 1.36 bits per heavy atom. The normalized spacial score (nSPS) is 12.7. The van der Waals surface area contributed by atoms with Crippen LogP contribution >= 0.6 is 0 Å². The molecule has 1 aromatic carbocycles. The van der Waals surface area contributed by atoms with Crippen LogP contribution in [-0.2, 0) is 11.3 Å². The van der Waals surface area contributed by atoms with Crippen LogP contribution in [0.25, 0.3) is 5.76 Å². The summed E-state index contributed by atoms with van der Waals surface area (Å²) in [4.78, 5) is 4.44. The van der Waals surface area contributed by atoms with Gasteiger partial charge in [-0.2, -0.15) is 5.26 Å². The second-order valence-corrected chi connectivity index (χ2v) is 4.97. The molecule has 2 aromatic rings. The summed E-state index contributed by atoms with van der Waals surface area (Å²) >= 11 is 0. The van der Waals surface area contributed by atoms with E-state index in [1.807, 2.05) is 36.5 Å². The van der Waals surface area contributed by atoms with E-state index in [4.69, 9.17) is 10.00 Å². The van der Waals surface area contributed by atoms with Crippen LogP contribution in [0.3, 0.4) is 0 Å². The highest BCUT2D eigenvalue weighted by atomic mass is 16.5. The third-order valence-corrected chi connectivity index (χ3v) is 3.45. The van der Waals surface area contributed by atoms with Gasteiger partial charge in [-0.15, -0.1) is 0 Å². The minimum Gasteiger partial charge on any atom is -0.481 e.